The van der Waals surface area contributed by atoms with Gasteiger partial charge in [-0.1, -0.05) is 29.8 Å². The number of halogens is 2. The number of nitrogens with zero attached hydrogens (tertiary/aromatic N) is 4. The third-order valence-corrected chi connectivity index (χ3v) is 6.84. The van der Waals surface area contributed by atoms with Crippen molar-refractivity contribution in [1.29, 1.82) is 0 Å². The second-order valence-electron chi connectivity index (χ2n) is 8.58. The van der Waals surface area contributed by atoms with Crippen molar-refractivity contribution in [3.8, 4) is 5.69 Å². The van der Waals surface area contributed by atoms with E-state index in [4.69, 9.17) is 16.3 Å². The first-order valence-corrected chi connectivity index (χ1v) is 11.8. The molecule has 1 atom stereocenters. The molecular weight excluding hydrogens is 471 g/mol. The first kappa shape index (κ1) is 24.9. The second kappa shape index (κ2) is 10.6. The number of piperazine rings is 1. The number of benzene rings is 2. The molecule has 1 fully saturated rings. The summed E-state index contributed by atoms with van der Waals surface area (Å²) in [6, 6.07) is 12.7. The van der Waals surface area contributed by atoms with Crippen LogP contribution in [0.4, 0.5) is 4.39 Å². The van der Waals surface area contributed by atoms with E-state index in [-0.39, 0.29) is 24.1 Å². The molecule has 3 aromatic rings. The van der Waals surface area contributed by atoms with Crippen LogP contribution in [-0.4, -0.2) is 64.7 Å². The van der Waals surface area contributed by atoms with Crippen LogP contribution in [0.15, 0.2) is 48.5 Å². The molecule has 0 radical (unpaired) electrons. The van der Waals surface area contributed by atoms with Crippen LogP contribution in [-0.2, 0) is 20.7 Å². The Morgan fingerprint density at radius 3 is 2.34 bits per heavy atom. The molecule has 4 rings (SSSR count). The van der Waals surface area contributed by atoms with E-state index in [9.17, 15) is 14.0 Å². The molecule has 2 aromatic carbocycles. The van der Waals surface area contributed by atoms with E-state index in [0.717, 1.165) is 22.6 Å². The standard InChI is InChI=1S/C26H28ClFN4O3/c1-17-22(18(2)32(29-17)20-10-8-19(28)9-11-20)16-24(33)30-12-14-31(15-13-30)25(26(34)35-3)21-6-4-5-7-23(21)27/h4-11,25H,12-16H2,1-3H3. The van der Waals surface area contributed by atoms with Crippen LogP contribution < -0.4 is 0 Å². The topological polar surface area (TPSA) is 67.7 Å². The lowest BCUT2D eigenvalue weighted by Gasteiger charge is -2.38. The van der Waals surface area contributed by atoms with Crippen molar-refractivity contribution >= 4 is 23.5 Å². The Morgan fingerprint density at radius 2 is 1.71 bits per heavy atom. The summed E-state index contributed by atoms with van der Waals surface area (Å²) in [5, 5.41) is 5.07. The van der Waals surface area contributed by atoms with Crippen molar-refractivity contribution in [2.75, 3.05) is 33.3 Å². The van der Waals surface area contributed by atoms with Crippen LogP contribution in [0.5, 0.6) is 0 Å². The number of methoxy groups -OCH3 is 1. The quantitative estimate of drug-likeness (QED) is 0.482. The normalized spacial score (nSPS) is 15.2. The van der Waals surface area contributed by atoms with E-state index in [1.54, 1.807) is 22.9 Å². The maximum atomic E-state index is 13.3. The average Bonchev–Trinajstić information content (AvgIpc) is 3.14. The van der Waals surface area contributed by atoms with E-state index in [1.807, 2.05) is 41.8 Å². The SMILES string of the molecule is COC(=O)C(c1ccccc1Cl)N1CCN(C(=O)Cc2c(C)nn(-c3ccc(F)cc3)c2C)CC1. The van der Waals surface area contributed by atoms with Crippen LogP contribution in [0.1, 0.15) is 28.6 Å². The summed E-state index contributed by atoms with van der Waals surface area (Å²) < 4.78 is 20.1. The molecule has 2 heterocycles. The molecule has 0 N–H and O–H groups in total. The summed E-state index contributed by atoms with van der Waals surface area (Å²) in [6.07, 6.45) is 0.226. The first-order valence-electron chi connectivity index (χ1n) is 11.4. The highest BCUT2D eigenvalue weighted by molar-refractivity contribution is 6.31. The molecule has 1 aliphatic heterocycles. The van der Waals surface area contributed by atoms with Crippen molar-refractivity contribution in [2.24, 2.45) is 0 Å². The molecule has 0 aliphatic carbocycles. The lowest BCUT2D eigenvalue weighted by molar-refractivity contribution is -0.148. The van der Waals surface area contributed by atoms with Gasteiger partial charge >= 0.3 is 5.97 Å². The zero-order valence-corrected chi connectivity index (χ0v) is 20.8. The van der Waals surface area contributed by atoms with Gasteiger partial charge in [-0.2, -0.15) is 5.10 Å². The fourth-order valence-electron chi connectivity index (χ4n) is 4.54. The molecule has 1 aliphatic rings. The van der Waals surface area contributed by atoms with Gasteiger partial charge in [0.25, 0.3) is 0 Å². The number of aromatic nitrogens is 2. The van der Waals surface area contributed by atoms with Crippen molar-refractivity contribution in [3.63, 3.8) is 0 Å². The summed E-state index contributed by atoms with van der Waals surface area (Å²) >= 11 is 6.37. The summed E-state index contributed by atoms with van der Waals surface area (Å²) in [5.74, 6) is -0.687. The van der Waals surface area contributed by atoms with E-state index in [2.05, 4.69) is 5.10 Å². The Bertz CT molecular complexity index is 1220. The van der Waals surface area contributed by atoms with Crippen LogP contribution >= 0.6 is 11.6 Å². The van der Waals surface area contributed by atoms with Crippen molar-refractivity contribution in [1.82, 2.24) is 19.6 Å². The highest BCUT2D eigenvalue weighted by Gasteiger charge is 2.33. The average molecular weight is 499 g/mol. The zero-order valence-electron chi connectivity index (χ0n) is 20.0. The molecule has 184 valence electrons. The maximum Gasteiger partial charge on any atom is 0.327 e. The molecule has 0 spiro atoms. The number of carbonyl (C=O) groups is 2. The predicted octanol–water partition coefficient (Wildman–Crippen LogP) is 3.88. The van der Waals surface area contributed by atoms with E-state index in [0.29, 0.717) is 36.8 Å². The molecule has 7 nitrogen and oxygen atoms in total. The smallest absolute Gasteiger partial charge is 0.327 e. The third kappa shape index (κ3) is 5.23. The van der Waals surface area contributed by atoms with Gasteiger partial charge in [-0.15, -0.1) is 0 Å². The van der Waals surface area contributed by atoms with Gasteiger partial charge in [0.1, 0.15) is 11.9 Å². The van der Waals surface area contributed by atoms with Crippen LogP contribution in [0, 0.1) is 19.7 Å². The minimum Gasteiger partial charge on any atom is -0.468 e. The molecule has 1 aromatic heterocycles. The Hall–Kier alpha value is -3.23. The minimum atomic E-state index is -0.621. The number of carbonyl (C=O) groups excluding carboxylic acids is 2. The number of hydrogen-bond acceptors (Lipinski definition) is 5. The van der Waals surface area contributed by atoms with Crippen LogP contribution in [0.3, 0.4) is 0 Å². The lowest BCUT2D eigenvalue weighted by atomic mass is 10.0. The third-order valence-electron chi connectivity index (χ3n) is 6.50. The zero-order chi connectivity index (χ0) is 25.1. The number of rotatable bonds is 6. The lowest BCUT2D eigenvalue weighted by Crippen LogP contribution is -2.51. The second-order valence-corrected chi connectivity index (χ2v) is 8.99. The molecule has 1 unspecified atom stereocenters. The van der Waals surface area contributed by atoms with E-state index >= 15 is 0 Å². The number of aryl methyl sites for hydroxylation is 1. The molecule has 1 amide bonds. The van der Waals surface area contributed by atoms with E-state index < -0.39 is 6.04 Å². The van der Waals surface area contributed by atoms with Crippen molar-refractivity contribution in [3.05, 3.63) is 81.9 Å². The molecule has 0 bridgehead atoms. The van der Waals surface area contributed by atoms with Gasteiger partial charge in [0.05, 0.1) is 24.9 Å². The van der Waals surface area contributed by atoms with Gasteiger partial charge in [-0.05, 0) is 49.7 Å². The van der Waals surface area contributed by atoms with Gasteiger partial charge in [-0.25, -0.2) is 13.9 Å². The van der Waals surface area contributed by atoms with Gasteiger partial charge in [0.15, 0.2) is 0 Å². The maximum absolute atomic E-state index is 13.3. The van der Waals surface area contributed by atoms with Crippen LogP contribution in [0.2, 0.25) is 5.02 Å². The summed E-state index contributed by atoms with van der Waals surface area (Å²) in [7, 11) is 1.36. The fourth-order valence-corrected chi connectivity index (χ4v) is 4.78. The molecule has 0 saturated carbocycles. The van der Waals surface area contributed by atoms with Crippen LogP contribution in [0.25, 0.3) is 5.69 Å². The highest BCUT2D eigenvalue weighted by atomic mass is 35.5. The van der Waals surface area contributed by atoms with Crippen molar-refractivity contribution in [2.45, 2.75) is 26.3 Å². The van der Waals surface area contributed by atoms with Gasteiger partial charge < -0.3 is 9.64 Å². The number of esters is 1. The monoisotopic (exact) mass is 498 g/mol. The molecule has 1 saturated heterocycles. The highest BCUT2D eigenvalue weighted by Crippen LogP contribution is 2.29. The fraction of sp³-hybridized carbons (Fsp3) is 0.346. The minimum absolute atomic E-state index is 0.00173. The Kier molecular flexibility index (Phi) is 7.52. The Balaban J connectivity index is 1.45. The number of hydrogen-bond donors (Lipinski definition) is 0. The summed E-state index contributed by atoms with van der Waals surface area (Å²) in [4.78, 5) is 29.6. The first-order chi connectivity index (χ1) is 16.8. The predicted molar refractivity (Wildman–Crippen MR) is 131 cm³/mol. The summed E-state index contributed by atoms with van der Waals surface area (Å²) in [6.45, 7) is 5.79. The number of ether oxygens (including phenoxy) is 1. The van der Waals surface area contributed by atoms with Gasteiger partial charge in [-0.3, -0.25) is 9.69 Å². The van der Waals surface area contributed by atoms with Gasteiger partial charge in [0, 0.05) is 42.5 Å². The number of amides is 1. The molecule has 9 heteroatoms. The molecular formula is C26H28ClFN4O3. The largest absolute Gasteiger partial charge is 0.468 e. The Labute approximate surface area is 209 Å². The molecule has 35 heavy (non-hydrogen) atoms. The summed E-state index contributed by atoms with van der Waals surface area (Å²) in [5.41, 5.74) is 3.92. The van der Waals surface area contributed by atoms with E-state index in [1.165, 1.54) is 19.2 Å². The van der Waals surface area contributed by atoms with Gasteiger partial charge in [0.2, 0.25) is 5.91 Å². The van der Waals surface area contributed by atoms with Crippen molar-refractivity contribution < 1.29 is 18.7 Å². The Morgan fingerprint density at radius 1 is 1.06 bits per heavy atom.